The zero-order valence-electron chi connectivity index (χ0n) is 13.3. The molecule has 0 saturated carbocycles. The van der Waals surface area contributed by atoms with Crippen molar-refractivity contribution in [2.24, 2.45) is 0 Å². The van der Waals surface area contributed by atoms with E-state index >= 15 is 0 Å². The predicted octanol–water partition coefficient (Wildman–Crippen LogP) is 2.83. The van der Waals surface area contributed by atoms with Crippen LogP contribution in [0.25, 0.3) is 11.0 Å². The summed E-state index contributed by atoms with van der Waals surface area (Å²) in [7, 11) is 1.73. The van der Waals surface area contributed by atoms with Gasteiger partial charge in [0.2, 0.25) is 0 Å². The first-order valence-electron chi connectivity index (χ1n) is 7.56. The summed E-state index contributed by atoms with van der Waals surface area (Å²) in [4.78, 5) is 25.0. The van der Waals surface area contributed by atoms with Crippen molar-refractivity contribution in [2.75, 3.05) is 13.7 Å². The molecule has 0 saturated heterocycles. The van der Waals surface area contributed by atoms with E-state index < -0.39 is 5.63 Å². The minimum atomic E-state index is -0.418. The predicted molar refractivity (Wildman–Crippen MR) is 90.9 cm³/mol. The summed E-state index contributed by atoms with van der Waals surface area (Å²) in [5, 5.41) is 0.800. The summed E-state index contributed by atoms with van der Waals surface area (Å²) in [5.41, 5.74) is 1.07. The van der Waals surface area contributed by atoms with Gasteiger partial charge in [-0.3, -0.25) is 4.79 Å². The Morgan fingerprint density at radius 3 is 2.62 bits per heavy atom. The van der Waals surface area contributed by atoms with Crippen molar-refractivity contribution in [3.8, 4) is 5.75 Å². The first-order chi connectivity index (χ1) is 11.6. The van der Waals surface area contributed by atoms with Crippen molar-refractivity contribution < 1.29 is 13.9 Å². The van der Waals surface area contributed by atoms with Crippen LogP contribution in [0.4, 0.5) is 0 Å². The highest BCUT2D eigenvalue weighted by Gasteiger charge is 2.10. The van der Waals surface area contributed by atoms with Gasteiger partial charge in [0.1, 0.15) is 11.3 Å². The monoisotopic (exact) mass is 323 g/mol. The molecule has 0 aliphatic heterocycles. The molecule has 2 aromatic carbocycles. The zero-order valence-corrected chi connectivity index (χ0v) is 13.3. The van der Waals surface area contributed by atoms with Gasteiger partial charge in [-0.05, 0) is 23.8 Å². The van der Waals surface area contributed by atoms with E-state index in [4.69, 9.17) is 9.15 Å². The van der Waals surface area contributed by atoms with Crippen molar-refractivity contribution in [3.05, 3.63) is 76.6 Å². The molecule has 1 aromatic heterocycles. The summed E-state index contributed by atoms with van der Waals surface area (Å²) in [6.45, 7) is 0.446. The van der Waals surface area contributed by atoms with Gasteiger partial charge in [-0.2, -0.15) is 0 Å². The third-order valence-corrected chi connectivity index (χ3v) is 3.65. The maximum Gasteiger partial charge on any atom is 0.336 e. The second-order valence-electron chi connectivity index (χ2n) is 5.48. The Labute approximate surface area is 139 Å². The molecular formula is C19H17NO4. The molecule has 1 heterocycles. The van der Waals surface area contributed by atoms with Gasteiger partial charge in [0.15, 0.2) is 6.61 Å². The number of rotatable bonds is 5. The van der Waals surface area contributed by atoms with Gasteiger partial charge < -0.3 is 14.1 Å². The molecular weight excluding hydrogens is 306 g/mol. The number of likely N-dealkylation sites (N-methyl/N-ethyl adjacent to an activating group) is 1. The lowest BCUT2D eigenvalue weighted by molar-refractivity contribution is -0.132. The molecule has 1 amide bonds. The van der Waals surface area contributed by atoms with Gasteiger partial charge >= 0.3 is 5.63 Å². The third kappa shape index (κ3) is 3.81. The fraction of sp³-hybridized carbons (Fsp3) is 0.158. The molecule has 0 aliphatic carbocycles. The molecule has 0 fully saturated rings. The van der Waals surface area contributed by atoms with Gasteiger partial charge in [-0.15, -0.1) is 0 Å². The van der Waals surface area contributed by atoms with Crippen LogP contribution in [0.5, 0.6) is 5.75 Å². The van der Waals surface area contributed by atoms with Gasteiger partial charge in [0.05, 0.1) is 0 Å². The number of nitrogens with zero attached hydrogens (tertiary/aromatic N) is 1. The number of amides is 1. The molecule has 0 N–H and O–H groups in total. The Morgan fingerprint density at radius 2 is 1.83 bits per heavy atom. The zero-order chi connectivity index (χ0) is 16.9. The first kappa shape index (κ1) is 15.8. The molecule has 0 unspecified atom stereocenters. The van der Waals surface area contributed by atoms with Crippen LogP contribution < -0.4 is 10.4 Å². The van der Waals surface area contributed by atoms with E-state index in [1.54, 1.807) is 36.2 Å². The van der Waals surface area contributed by atoms with Crippen LogP contribution in [0.15, 0.2) is 69.9 Å². The standard InChI is InChI=1S/C19H17NO4/c1-20(12-14-5-3-2-4-6-14)18(21)13-23-16-9-7-15-8-10-19(22)24-17(15)11-16/h2-11H,12-13H2,1H3. The lowest BCUT2D eigenvalue weighted by atomic mass is 10.2. The largest absolute Gasteiger partial charge is 0.484 e. The van der Waals surface area contributed by atoms with E-state index in [1.165, 1.54) is 6.07 Å². The first-order valence-corrected chi connectivity index (χ1v) is 7.56. The fourth-order valence-corrected chi connectivity index (χ4v) is 2.33. The highest BCUT2D eigenvalue weighted by atomic mass is 16.5. The normalized spacial score (nSPS) is 10.5. The third-order valence-electron chi connectivity index (χ3n) is 3.65. The van der Waals surface area contributed by atoms with Crippen LogP contribution in [-0.4, -0.2) is 24.5 Å². The van der Waals surface area contributed by atoms with Crippen LogP contribution in [0.3, 0.4) is 0 Å². The molecule has 3 rings (SSSR count). The Hall–Kier alpha value is -3.08. The fourth-order valence-electron chi connectivity index (χ4n) is 2.33. The Balaban J connectivity index is 1.62. The summed E-state index contributed by atoms with van der Waals surface area (Å²) in [5.74, 6) is 0.353. The molecule has 3 aromatic rings. The average Bonchev–Trinajstić information content (AvgIpc) is 2.60. The second kappa shape index (κ2) is 7.00. The summed E-state index contributed by atoms with van der Waals surface area (Å²) in [6.07, 6.45) is 0. The topological polar surface area (TPSA) is 59.8 Å². The molecule has 0 spiro atoms. The maximum absolute atomic E-state index is 12.2. The summed E-state index contributed by atoms with van der Waals surface area (Å²) in [6, 6.07) is 17.9. The number of ether oxygens (including phenoxy) is 1. The minimum Gasteiger partial charge on any atom is -0.484 e. The molecule has 0 aliphatic rings. The molecule has 24 heavy (non-hydrogen) atoms. The number of benzene rings is 2. The van der Waals surface area contributed by atoms with E-state index in [9.17, 15) is 9.59 Å². The molecule has 122 valence electrons. The van der Waals surface area contributed by atoms with E-state index in [-0.39, 0.29) is 12.5 Å². The molecule has 5 nitrogen and oxygen atoms in total. The van der Waals surface area contributed by atoms with Gasteiger partial charge in [0.25, 0.3) is 5.91 Å². The summed E-state index contributed by atoms with van der Waals surface area (Å²) < 4.78 is 10.6. The SMILES string of the molecule is CN(Cc1ccccc1)C(=O)COc1ccc2ccc(=O)oc2c1. The highest BCUT2D eigenvalue weighted by molar-refractivity contribution is 5.79. The second-order valence-corrected chi connectivity index (χ2v) is 5.48. The number of carbonyl (C=O) groups is 1. The van der Waals surface area contributed by atoms with E-state index in [1.807, 2.05) is 30.3 Å². The Morgan fingerprint density at radius 1 is 1.08 bits per heavy atom. The van der Waals surface area contributed by atoms with E-state index in [2.05, 4.69) is 0 Å². The van der Waals surface area contributed by atoms with Crippen LogP contribution in [0, 0.1) is 0 Å². The molecule has 0 radical (unpaired) electrons. The lowest BCUT2D eigenvalue weighted by Crippen LogP contribution is -2.30. The van der Waals surface area contributed by atoms with Crippen LogP contribution in [0.2, 0.25) is 0 Å². The van der Waals surface area contributed by atoms with Crippen molar-refractivity contribution in [2.45, 2.75) is 6.54 Å². The quantitative estimate of drug-likeness (QED) is 0.678. The van der Waals surface area contributed by atoms with E-state index in [0.29, 0.717) is 17.9 Å². The molecule has 0 atom stereocenters. The number of hydrogen-bond donors (Lipinski definition) is 0. The Bertz CT molecular complexity index is 902. The van der Waals surface area contributed by atoms with Crippen molar-refractivity contribution in [3.63, 3.8) is 0 Å². The number of carbonyl (C=O) groups excluding carboxylic acids is 1. The summed E-state index contributed by atoms with van der Waals surface area (Å²) >= 11 is 0. The van der Waals surface area contributed by atoms with Gasteiger partial charge in [-0.1, -0.05) is 30.3 Å². The average molecular weight is 323 g/mol. The minimum absolute atomic E-state index is 0.0775. The van der Waals surface area contributed by atoms with Crippen molar-refractivity contribution in [1.82, 2.24) is 4.90 Å². The molecule has 0 bridgehead atoms. The number of hydrogen-bond acceptors (Lipinski definition) is 4. The van der Waals surface area contributed by atoms with E-state index in [0.717, 1.165) is 10.9 Å². The van der Waals surface area contributed by atoms with Crippen molar-refractivity contribution in [1.29, 1.82) is 0 Å². The van der Waals surface area contributed by atoms with Crippen LogP contribution >= 0.6 is 0 Å². The van der Waals surface area contributed by atoms with Crippen LogP contribution in [0.1, 0.15) is 5.56 Å². The maximum atomic E-state index is 12.2. The Kier molecular flexibility index (Phi) is 4.61. The smallest absolute Gasteiger partial charge is 0.336 e. The highest BCUT2D eigenvalue weighted by Crippen LogP contribution is 2.19. The van der Waals surface area contributed by atoms with Crippen molar-refractivity contribution >= 4 is 16.9 Å². The lowest BCUT2D eigenvalue weighted by Gasteiger charge is -2.17. The molecule has 5 heteroatoms. The van der Waals surface area contributed by atoms with Gasteiger partial charge in [0, 0.05) is 31.1 Å². The van der Waals surface area contributed by atoms with Gasteiger partial charge in [-0.25, -0.2) is 4.79 Å². The number of fused-ring (bicyclic) bond motifs is 1. The van der Waals surface area contributed by atoms with Crippen LogP contribution in [-0.2, 0) is 11.3 Å².